The molecule has 1 aliphatic rings. The molecule has 0 atom stereocenters. The third kappa shape index (κ3) is 4.62. The number of nitrogens with one attached hydrogen (secondary N) is 1. The van der Waals surface area contributed by atoms with E-state index in [1.807, 2.05) is 24.6 Å². The first kappa shape index (κ1) is 21.0. The molecule has 0 unspecified atom stereocenters. The molecule has 1 saturated heterocycles. The minimum absolute atomic E-state index is 0.0546. The van der Waals surface area contributed by atoms with Crippen molar-refractivity contribution in [1.82, 2.24) is 18.8 Å². The van der Waals surface area contributed by atoms with Crippen molar-refractivity contribution in [1.29, 1.82) is 0 Å². The summed E-state index contributed by atoms with van der Waals surface area (Å²) >= 11 is 0. The number of aromatic nitrogens is 2. The number of hydrogen-bond donors (Lipinski definition) is 1. The second-order valence-corrected chi connectivity index (χ2v) is 10.7. The molecule has 0 radical (unpaired) electrons. The van der Waals surface area contributed by atoms with Crippen LogP contribution < -0.4 is 4.72 Å². The molecule has 0 bridgehead atoms. The van der Waals surface area contributed by atoms with E-state index >= 15 is 0 Å². The fourth-order valence-electron chi connectivity index (χ4n) is 3.29. The Bertz CT molecular complexity index is 1020. The van der Waals surface area contributed by atoms with Gasteiger partial charge in [-0.1, -0.05) is 0 Å². The highest BCUT2D eigenvalue weighted by Gasteiger charge is 2.27. The zero-order valence-electron chi connectivity index (χ0n) is 16.1. The molecular formula is C18H26N4O4S2. The van der Waals surface area contributed by atoms with E-state index in [0.717, 1.165) is 24.2 Å². The molecule has 0 amide bonds. The Labute approximate surface area is 166 Å². The Balaban J connectivity index is 1.59. The van der Waals surface area contributed by atoms with Crippen LogP contribution in [0.15, 0.2) is 40.1 Å². The van der Waals surface area contributed by atoms with Gasteiger partial charge in [0.25, 0.3) is 0 Å². The summed E-state index contributed by atoms with van der Waals surface area (Å²) in [6.07, 6.45) is 2.31. The van der Waals surface area contributed by atoms with Gasteiger partial charge in [-0.05, 0) is 63.4 Å². The maximum atomic E-state index is 12.5. The largest absolute Gasteiger partial charge is 0.270 e. The van der Waals surface area contributed by atoms with Crippen LogP contribution in [0, 0.1) is 13.8 Å². The van der Waals surface area contributed by atoms with Gasteiger partial charge in [0.05, 0.1) is 15.5 Å². The van der Waals surface area contributed by atoms with Crippen LogP contribution in [0.2, 0.25) is 0 Å². The van der Waals surface area contributed by atoms with Gasteiger partial charge in [0.2, 0.25) is 20.0 Å². The van der Waals surface area contributed by atoms with Gasteiger partial charge in [0.15, 0.2) is 0 Å². The number of sulfonamides is 2. The molecule has 0 saturated carbocycles. The molecule has 0 aliphatic carbocycles. The number of hydrogen-bond acceptors (Lipinski definition) is 5. The summed E-state index contributed by atoms with van der Waals surface area (Å²) < 4.78 is 55.8. The molecule has 1 aromatic carbocycles. The maximum absolute atomic E-state index is 12.5. The molecule has 28 heavy (non-hydrogen) atoms. The van der Waals surface area contributed by atoms with Gasteiger partial charge in [-0.25, -0.2) is 21.6 Å². The van der Waals surface area contributed by atoms with E-state index in [9.17, 15) is 16.8 Å². The number of benzene rings is 1. The predicted molar refractivity (Wildman–Crippen MR) is 106 cm³/mol. The molecular weight excluding hydrogens is 400 g/mol. The van der Waals surface area contributed by atoms with Crippen LogP contribution in [-0.4, -0.2) is 50.6 Å². The van der Waals surface area contributed by atoms with Crippen molar-refractivity contribution in [2.45, 2.75) is 49.4 Å². The second kappa shape index (κ2) is 8.32. The average Bonchev–Trinajstić information content (AvgIpc) is 3.29. The molecule has 1 N–H and O–H groups in total. The molecule has 8 nitrogen and oxygen atoms in total. The fourth-order valence-corrected chi connectivity index (χ4v) is 5.88. The van der Waals surface area contributed by atoms with Gasteiger partial charge >= 0.3 is 0 Å². The molecule has 2 aromatic rings. The highest BCUT2D eigenvalue weighted by Crippen LogP contribution is 2.22. The summed E-state index contributed by atoms with van der Waals surface area (Å²) in [6, 6.07) is 7.37. The molecule has 1 fully saturated rings. The van der Waals surface area contributed by atoms with Crippen LogP contribution in [0.5, 0.6) is 0 Å². The van der Waals surface area contributed by atoms with Crippen molar-refractivity contribution in [2.24, 2.45) is 0 Å². The Hall–Kier alpha value is -1.75. The second-order valence-electron chi connectivity index (χ2n) is 6.98. The van der Waals surface area contributed by atoms with Crippen molar-refractivity contribution in [3.8, 4) is 0 Å². The van der Waals surface area contributed by atoms with E-state index in [1.54, 1.807) is 0 Å². The Morgan fingerprint density at radius 1 is 1.00 bits per heavy atom. The van der Waals surface area contributed by atoms with Gasteiger partial charge in [0, 0.05) is 31.9 Å². The lowest BCUT2D eigenvalue weighted by molar-refractivity contribution is 0.477. The lowest BCUT2D eigenvalue weighted by atomic mass is 10.4. The van der Waals surface area contributed by atoms with Gasteiger partial charge < -0.3 is 0 Å². The molecule has 1 aromatic heterocycles. The van der Waals surface area contributed by atoms with Crippen LogP contribution in [0.25, 0.3) is 0 Å². The quantitative estimate of drug-likeness (QED) is 0.647. The minimum atomic E-state index is -3.69. The van der Waals surface area contributed by atoms with E-state index in [0.29, 0.717) is 26.1 Å². The first-order chi connectivity index (χ1) is 13.2. The summed E-state index contributed by atoms with van der Waals surface area (Å²) in [7, 11) is -7.24. The van der Waals surface area contributed by atoms with Gasteiger partial charge in [-0.2, -0.15) is 9.40 Å². The van der Waals surface area contributed by atoms with Crippen molar-refractivity contribution in [2.75, 3.05) is 19.6 Å². The fraction of sp³-hybridized carbons (Fsp3) is 0.500. The molecule has 3 rings (SSSR count). The third-order valence-electron chi connectivity index (χ3n) is 4.78. The van der Waals surface area contributed by atoms with Crippen LogP contribution >= 0.6 is 0 Å². The molecule has 10 heteroatoms. The van der Waals surface area contributed by atoms with Crippen molar-refractivity contribution in [3.63, 3.8) is 0 Å². The van der Waals surface area contributed by atoms with Gasteiger partial charge in [0.1, 0.15) is 0 Å². The zero-order valence-corrected chi connectivity index (χ0v) is 17.8. The smallest absolute Gasteiger partial charge is 0.243 e. The molecule has 154 valence electrons. The lowest BCUT2D eigenvalue weighted by Crippen LogP contribution is -2.28. The van der Waals surface area contributed by atoms with Crippen LogP contribution in [0.1, 0.15) is 30.7 Å². The van der Waals surface area contributed by atoms with Crippen LogP contribution in [-0.2, 0) is 26.6 Å². The van der Waals surface area contributed by atoms with Crippen molar-refractivity contribution >= 4 is 20.0 Å². The molecule has 1 aliphatic heterocycles. The van der Waals surface area contributed by atoms with E-state index in [4.69, 9.17) is 0 Å². The summed E-state index contributed by atoms with van der Waals surface area (Å²) in [5.41, 5.74) is 1.97. The summed E-state index contributed by atoms with van der Waals surface area (Å²) in [4.78, 5) is 0.178. The normalized spacial score (nSPS) is 15.9. The van der Waals surface area contributed by atoms with E-state index in [2.05, 4.69) is 9.82 Å². The average molecular weight is 427 g/mol. The Morgan fingerprint density at radius 2 is 1.61 bits per heavy atom. The van der Waals surface area contributed by atoms with E-state index in [1.165, 1.54) is 28.6 Å². The highest BCUT2D eigenvalue weighted by molar-refractivity contribution is 7.89. The van der Waals surface area contributed by atoms with Crippen LogP contribution in [0.4, 0.5) is 0 Å². The van der Waals surface area contributed by atoms with E-state index < -0.39 is 20.0 Å². The topological polar surface area (TPSA) is 101 Å². The SMILES string of the molecule is Cc1cc(C)n(CCCNS(=O)(=O)c2ccc(S(=O)(=O)N3CCCC3)cc2)n1. The summed E-state index contributed by atoms with van der Waals surface area (Å²) in [6.45, 7) is 5.80. The summed E-state index contributed by atoms with van der Waals surface area (Å²) in [5.74, 6) is 0. The van der Waals surface area contributed by atoms with Crippen molar-refractivity contribution in [3.05, 3.63) is 41.7 Å². The molecule has 0 spiro atoms. The lowest BCUT2D eigenvalue weighted by Gasteiger charge is -2.15. The third-order valence-corrected chi connectivity index (χ3v) is 8.17. The van der Waals surface area contributed by atoms with E-state index in [-0.39, 0.29) is 16.3 Å². The minimum Gasteiger partial charge on any atom is -0.270 e. The Kier molecular flexibility index (Phi) is 6.23. The van der Waals surface area contributed by atoms with Crippen LogP contribution in [0.3, 0.4) is 0 Å². The monoisotopic (exact) mass is 426 g/mol. The predicted octanol–water partition coefficient (Wildman–Crippen LogP) is 1.65. The zero-order chi connectivity index (χ0) is 20.4. The molecule has 2 heterocycles. The maximum Gasteiger partial charge on any atom is 0.243 e. The van der Waals surface area contributed by atoms with Gasteiger partial charge in [-0.15, -0.1) is 0 Å². The summed E-state index contributed by atoms with van der Waals surface area (Å²) in [5, 5.41) is 4.35. The van der Waals surface area contributed by atoms with Crippen molar-refractivity contribution < 1.29 is 16.8 Å². The number of rotatable bonds is 8. The highest BCUT2D eigenvalue weighted by atomic mass is 32.2. The number of aryl methyl sites for hydroxylation is 3. The number of nitrogens with zero attached hydrogens (tertiary/aromatic N) is 3. The van der Waals surface area contributed by atoms with Gasteiger partial charge in [-0.3, -0.25) is 4.68 Å². The Morgan fingerprint density at radius 3 is 2.18 bits per heavy atom. The first-order valence-electron chi connectivity index (χ1n) is 9.31. The standard InChI is InChI=1S/C18H26N4O4S2/c1-15-14-16(2)22(20-15)13-5-10-19-27(23,24)17-6-8-18(9-7-17)28(25,26)21-11-3-4-12-21/h6-9,14,19H,3-5,10-13H2,1-2H3. The first-order valence-corrected chi connectivity index (χ1v) is 12.2.